The standard InChI is InChI=1S/C11H13N3O3S/c15-6-8-5-9-10(18(8)16)11(13-7-12-9)14-1-3-17-4-2-14/h5-8H,1-4H2,(H,12,13). The average Bonchev–Trinajstić information content (AvgIpc) is 2.76. The normalized spacial score (nSPS) is 30.9. The topological polar surface area (TPSA) is 71.0 Å². The van der Waals surface area contributed by atoms with Crippen LogP contribution >= 0.6 is 0 Å². The van der Waals surface area contributed by atoms with Gasteiger partial charge in [0.15, 0.2) is 0 Å². The molecule has 2 unspecified atom stereocenters. The molecule has 6 nitrogen and oxygen atoms in total. The Bertz CT molecular complexity index is 492. The lowest BCUT2D eigenvalue weighted by Gasteiger charge is -2.31. The van der Waals surface area contributed by atoms with Gasteiger partial charge in [-0.3, -0.25) is 4.21 Å². The molecular weight excluding hydrogens is 254 g/mol. The molecule has 0 amide bonds. The van der Waals surface area contributed by atoms with Gasteiger partial charge in [0.2, 0.25) is 0 Å². The van der Waals surface area contributed by atoms with Crippen molar-refractivity contribution in [2.45, 2.75) is 5.25 Å². The molecule has 3 heterocycles. The van der Waals surface area contributed by atoms with Gasteiger partial charge in [-0.05, 0) is 6.08 Å². The first-order valence-electron chi connectivity index (χ1n) is 5.75. The molecule has 0 aromatic rings. The predicted molar refractivity (Wildman–Crippen MR) is 67.1 cm³/mol. The summed E-state index contributed by atoms with van der Waals surface area (Å²) in [6.45, 7) is 2.74. The van der Waals surface area contributed by atoms with E-state index in [1.54, 1.807) is 12.4 Å². The van der Waals surface area contributed by atoms with Gasteiger partial charge >= 0.3 is 0 Å². The van der Waals surface area contributed by atoms with Gasteiger partial charge in [0, 0.05) is 13.1 Å². The van der Waals surface area contributed by atoms with Crippen molar-refractivity contribution in [1.82, 2.24) is 10.2 Å². The second-order valence-corrected chi connectivity index (χ2v) is 5.68. The molecule has 3 aliphatic heterocycles. The van der Waals surface area contributed by atoms with Gasteiger partial charge in [0.05, 0.1) is 36.0 Å². The molecule has 3 aliphatic rings. The number of aliphatic imine (C=N–C) groups is 1. The van der Waals surface area contributed by atoms with Crippen molar-refractivity contribution in [2.75, 3.05) is 26.3 Å². The van der Waals surface area contributed by atoms with E-state index in [9.17, 15) is 9.00 Å². The third-order valence-corrected chi connectivity index (χ3v) is 4.63. The van der Waals surface area contributed by atoms with Crippen LogP contribution in [0.15, 0.2) is 27.5 Å². The molecule has 0 aromatic carbocycles. The molecular formula is C11H13N3O3S. The largest absolute Gasteiger partial charge is 0.378 e. The smallest absolute Gasteiger partial charge is 0.148 e. The van der Waals surface area contributed by atoms with Gasteiger partial charge in [0.25, 0.3) is 0 Å². The first-order chi connectivity index (χ1) is 8.81. The van der Waals surface area contributed by atoms with Crippen molar-refractivity contribution in [3.63, 3.8) is 0 Å². The van der Waals surface area contributed by atoms with E-state index in [2.05, 4.69) is 15.2 Å². The predicted octanol–water partition coefficient (Wildman–Crippen LogP) is -0.667. The number of fused-ring (bicyclic) bond motifs is 1. The Labute approximate surface area is 107 Å². The summed E-state index contributed by atoms with van der Waals surface area (Å²) in [5.74, 6) is 0.700. The third kappa shape index (κ3) is 1.79. The van der Waals surface area contributed by atoms with Crippen molar-refractivity contribution in [2.24, 2.45) is 4.99 Å². The van der Waals surface area contributed by atoms with Gasteiger partial charge in [-0.1, -0.05) is 0 Å². The summed E-state index contributed by atoms with van der Waals surface area (Å²) < 4.78 is 17.5. The van der Waals surface area contributed by atoms with E-state index in [0.29, 0.717) is 30.2 Å². The van der Waals surface area contributed by atoms with Gasteiger partial charge in [-0.25, -0.2) is 4.99 Å². The van der Waals surface area contributed by atoms with E-state index in [1.807, 2.05) is 0 Å². The zero-order valence-corrected chi connectivity index (χ0v) is 10.5. The number of nitrogens with zero attached hydrogens (tertiary/aromatic N) is 2. The van der Waals surface area contributed by atoms with E-state index < -0.39 is 16.0 Å². The second kappa shape index (κ2) is 4.66. The highest BCUT2D eigenvalue weighted by Gasteiger charge is 2.34. The molecule has 1 saturated heterocycles. The van der Waals surface area contributed by atoms with Crippen LogP contribution in [0.1, 0.15) is 0 Å². The fraction of sp³-hybridized carbons (Fsp3) is 0.455. The molecule has 3 rings (SSSR count). The van der Waals surface area contributed by atoms with E-state index in [-0.39, 0.29) is 0 Å². The molecule has 0 aromatic heterocycles. The minimum atomic E-state index is -1.35. The van der Waals surface area contributed by atoms with Crippen LogP contribution in [0.2, 0.25) is 0 Å². The average molecular weight is 267 g/mol. The highest BCUT2D eigenvalue weighted by molar-refractivity contribution is 7.91. The quantitative estimate of drug-likeness (QED) is 0.672. The number of nitrogens with one attached hydrogen (secondary N) is 1. The van der Waals surface area contributed by atoms with Crippen LogP contribution in [-0.4, -0.2) is 53.3 Å². The van der Waals surface area contributed by atoms with Crippen LogP contribution in [0.5, 0.6) is 0 Å². The van der Waals surface area contributed by atoms with Crippen LogP contribution in [0.4, 0.5) is 0 Å². The van der Waals surface area contributed by atoms with Crippen LogP contribution < -0.4 is 5.32 Å². The highest BCUT2D eigenvalue weighted by atomic mass is 32.2. The summed E-state index contributed by atoms with van der Waals surface area (Å²) in [6.07, 6.45) is 3.99. The van der Waals surface area contributed by atoms with Gasteiger partial charge in [-0.2, -0.15) is 0 Å². The number of aldehydes is 1. The molecule has 2 atom stereocenters. The van der Waals surface area contributed by atoms with E-state index >= 15 is 0 Å². The lowest BCUT2D eigenvalue weighted by molar-refractivity contribution is -0.106. The lowest BCUT2D eigenvalue weighted by Crippen LogP contribution is -2.37. The monoisotopic (exact) mass is 267 g/mol. The Hall–Kier alpha value is -1.47. The number of carbonyl (C=O) groups excluding carboxylic acids is 1. The summed E-state index contributed by atoms with van der Waals surface area (Å²) in [4.78, 5) is 17.8. The molecule has 96 valence electrons. The zero-order chi connectivity index (χ0) is 12.5. The van der Waals surface area contributed by atoms with E-state index in [0.717, 1.165) is 18.8 Å². The zero-order valence-electron chi connectivity index (χ0n) is 9.67. The van der Waals surface area contributed by atoms with Gasteiger partial charge < -0.3 is 19.7 Å². The second-order valence-electron chi connectivity index (χ2n) is 4.13. The van der Waals surface area contributed by atoms with Crippen molar-refractivity contribution >= 4 is 23.4 Å². The Kier molecular flexibility index (Phi) is 3.00. The first-order valence-corrected chi connectivity index (χ1v) is 6.96. The van der Waals surface area contributed by atoms with Crippen molar-refractivity contribution in [3.8, 4) is 0 Å². The van der Waals surface area contributed by atoms with Crippen LogP contribution in [-0.2, 0) is 20.3 Å². The summed E-state index contributed by atoms with van der Waals surface area (Å²) in [7, 11) is -1.35. The van der Waals surface area contributed by atoms with Gasteiger partial charge in [-0.15, -0.1) is 0 Å². The molecule has 18 heavy (non-hydrogen) atoms. The Morgan fingerprint density at radius 3 is 3.00 bits per heavy atom. The molecule has 0 spiro atoms. The number of morpholine rings is 1. The minimum absolute atomic E-state index is 0.569. The van der Waals surface area contributed by atoms with Gasteiger partial charge in [0.1, 0.15) is 22.3 Å². The Morgan fingerprint density at radius 2 is 2.28 bits per heavy atom. The molecule has 0 saturated carbocycles. The lowest BCUT2D eigenvalue weighted by atomic mass is 10.3. The maximum Gasteiger partial charge on any atom is 0.148 e. The van der Waals surface area contributed by atoms with E-state index in [1.165, 1.54) is 0 Å². The van der Waals surface area contributed by atoms with Crippen LogP contribution in [0.3, 0.4) is 0 Å². The Morgan fingerprint density at radius 1 is 1.50 bits per heavy atom. The molecule has 0 bridgehead atoms. The molecule has 0 radical (unpaired) electrons. The summed E-state index contributed by atoms with van der Waals surface area (Å²) >= 11 is 0. The number of hydrogen-bond acceptors (Lipinski definition) is 6. The maximum atomic E-state index is 12.2. The SMILES string of the molecule is O=CC1C=C2NC=NC(N3CCOCC3)=C2S1=O. The number of ether oxygens (including phenoxy) is 1. The fourth-order valence-corrected chi connectivity index (χ4v) is 3.52. The van der Waals surface area contributed by atoms with Crippen molar-refractivity contribution < 1.29 is 13.7 Å². The molecule has 1 N–H and O–H groups in total. The third-order valence-electron chi connectivity index (χ3n) is 3.08. The van der Waals surface area contributed by atoms with Crippen molar-refractivity contribution in [3.05, 3.63) is 22.5 Å². The summed E-state index contributed by atoms with van der Waals surface area (Å²) in [5.41, 5.74) is 0.738. The molecule has 7 heteroatoms. The minimum Gasteiger partial charge on any atom is -0.378 e. The number of rotatable bonds is 2. The first kappa shape index (κ1) is 11.6. The highest BCUT2D eigenvalue weighted by Crippen LogP contribution is 2.31. The molecule has 1 fully saturated rings. The van der Waals surface area contributed by atoms with E-state index in [4.69, 9.17) is 4.74 Å². The summed E-state index contributed by atoms with van der Waals surface area (Å²) in [6, 6.07) is 0. The van der Waals surface area contributed by atoms with Crippen LogP contribution in [0, 0.1) is 0 Å². The fourth-order valence-electron chi connectivity index (χ4n) is 2.18. The summed E-state index contributed by atoms with van der Waals surface area (Å²) in [5, 5.41) is 2.38. The molecule has 0 aliphatic carbocycles. The number of hydrogen-bond donors (Lipinski definition) is 1. The van der Waals surface area contributed by atoms with Crippen LogP contribution in [0.25, 0.3) is 0 Å². The maximum absolute atomic E-state index is 12.2. The van der Waals surface area contributed by atoms with Crippen molar-refractivity contribution in [1.29, 1.82) is 0 Å². The number of carbonyl (C=O) groups is 1. The Balaban J connectivity index is 1.99.